The van der Waals surface area contributed by atoms with E-state index in [0.717, 1.165) is 0 Å². The van der Waals surface area contributed by atoms with Gasteiger partial charge in [-0.05, 0) is 12.8 Å². The quantitative estimate of drug-likeness (QED) is 0.319. The Morgan fingerprint density at radius 2 is 1.62 bits per heavy atom. The number of alkyl halides is 4. The van der Waals surface area contributed by atoms with Gasteiger partial charge in [0.05, 0.1) is 22.5 Å². The molecule has 0 N–H and O–H groups in total. The monoisotopic (exact) mass is 290 g/mol. The second kappa shape index (κ2) is 9.23. The Morgan fingerprint density at radius 3 is 2.00 bits per heavy atom. The number of rotatable bonds is 7. The van der Waals surface area contributed by atoms with Gasteiger partial charge >= 0.3 is 51.4 Å². The Hall–Kier alpha value is 1.27. The molecule has 16 heavy (non-hydrogen) atoms. The van der Waals surface area contributed by atoms with Crippen LogP contribution in [0.3, 0.4) is 0 Å². The van der Waals surface area contributed by atoms with E-state index in [9.17, 15) is 30.5 Å². The zero-order valence-electron chi connectivity index (χ0n) is 8.71. The van der Waals surface area contributed by atoms with E-state index >= 15 is 0 Å². The molecule has 0 saturated carbocycles. The molecule has 0 aromatic rings. The molecule has 3 unspecified atom stereocenters. The van der Waals surface area contributed by atoms with E-state index in [2.05, 4.69) is 0 Å². The summed E-state index contributed by atoms with van der Waals surface area (Å²) in [6.45, 7) is -0.871. The van der Waals surface area contributed by atoms with Crippen LogP contribution in [0.2, 0.25) is 0 Å². The van der Waals surface area contributed by atoms with Gasteiger partial charge in [0.1, 0.15) is 12.3 Å². The average molecular weight is 290 g/mol. The molecule has 0 aliphatic carbocycles. The molecule has 9 heteroatoms. The molecule has 0 bridgehead atoms. The van der Waals surface area contributed by atoms with Gasteiger partial charge in [-0.15, -0.1) is 0 Å². The van der Waals surface area contributed by atoms with Crippen LogP contribution in [0.4, 0.5) is 17.6 Å². The molecule has 0 aromatic heterocycles. The Labute approximate surface area is 134 Å². The van der Waals surface area contributed by atoms with Crippen molar-refractivity contribution in [1.29, 1.82) is 0 Å². The van der Waals surface area contributed by atoms with Gasteiger partial charge in [0.25, 0.3) is 0 Å². The van der Waals surface area contributed by atoms with Crippen molar-refractivity contribution in [3.8, 4) is 0 Å². The summed E-state index contributed by atoms with van der Waals surface area (Å²) in [5.74, 6) is -1.61. The van der Waals surface area contributed by atoms with Gasteiger partial charge in [0, 0.05) is 0 Å². The summed E-state index contributed by atoms with van der Waals surface area (Å²) >= 11 is 0. The minimum atomic E-state index is -4.93. The molecular weight excluding hydrogens is 279 g/mol. The maximum atomic E-state index is 12.8. The van der Waals surface area contributed by atoms with Crippen molar-refractivity contribution in [3.63, 3.8) is 0 Å². The minimum Gasteiger partial charge on any atom is -0.748 e. The number of hydrogen-bond donors (Lipinski definition) is 0. The molecule has 0 heterocycles. The predicted molar refractivity (Wildman–Crippen MR) is 44.5 cm³/mol. The van der Waals surface area contributed by atoms with E-state index < -0.39 is 47.5 Å². The third-order valence-electron chi connectivity index (χ3n) is 1.67. The molecule has 0 fully saturated rings. The topological polar surface area (TPSA) is 57.2 Å². The average Bonchev–Trinajstić information content (AvgIpc) is 2.10. The van der Waals surface area contributed by atoms with Crippen LogP contribution in [0.1, 0.15) is 12.8 Å². The Kier molecular flexibility index (Phi) is 11.3. The van der Waals surface area contributed by atoms with Gasteiger partial charge in [-0.3, -0.25) is 4.39 Å². The fourth-order valence-electron chi connectivity index (χ4n) is 0.945. The first-order valence-corrected chi connectivity index (χ1v) is 5.77. The molecule has 3 nitrogen and oxygen atoms in total. The number of halogens is 4. The first kappa shape index (κ1) is 19.6. The summed E-state index contributed by atoms with van der Waals surface area (Å²) < 4.78 is 79.9. The molecule has 0 rings (SSSR count). The maximum Gasteiger partial charge on any atom is 1.00 e. The van der Waals surface area contributed by atoms with Gasteiger partial charge in [0.15, 0.2) is 6.17 Å². The molecule has 0 saturated heterocycles. The van der Waals surface area contributed by atoms with Crippen LogP contribution >= 0.6 is 0 Å². The van der Waals surface area contributed by atoms with E-state index in [0.29, 0.717) is 0 Å². The molecule has 0 aliphatic heterocycles. The molecule has 0 spiro atoms. The molecule has 3 atom stereocenters. The van der Waals surface area contributed by atoms with Crippen molar-refractivity contribution in [1.82, 2.24) is 0 Å². The smallest absolute Gasteiger partial charge is 0.748 e. The zero-order valence-corrected chi connectivity index (χ0v) is 12.6. The molecule has 0 amide bonds. The van der Waals surface area contributed by atoms with Gasteiger partial charge in [-0.1, -0.05) is 0 Å². The van der Waals surface area contributed by atoms with Gasteiger partial charge < -0.3 is 4.55 Å². The fraction of sp³-hybridized carbons (Fsp3) is 1.00. The molecule has 0 aromatic carbocycles. The second-order valence-electron chi connectivity index (χ2n) is 3.03. The molecule has 0 radical (unpaired) electrons. The summed E-state index contributed by atoms with van der Waals surface area (Å²) in [5.41, 5.74) is 0. The summed E-state index contributed by atoms with van der Waals surface area (Å²) in [6, 6.07) is 0. The van der Waals surface area contributed by atoms with Crippen molar-refractivity contribution in [2.45, 2.75) is 31.4 Å². The summed E-state index contributed by atoms with van der Waals surface area (Å²) in [4.78, 5) is 0. The first-order valence-electron chi connectivity index (χ1n) is 4.19. The Balaban J connectivity index is 0. The fourth-order valence-corrected chi connectivity index (χ4v) is 1.52. The van der Waals surface area contributed by atoms with Crippen molar-refractivity contribution in [3.05, 3.63) is 0 Å². The first-order chi connectivity index (χ1) is 6.78. The van der Waals surface area contributed by atoms with E-state index in [1.165, 1.54) is 0 Å². The third-order valence-corrected chi connectivity index (χ3v) is 2.39. The Morgan fingerprint density at radius 1 is 1.12 bits per heavy atom. The summed E-state index contributed by atoms with van der Waals surface area (Å²) in [6.07, 6.45) is -8.53. The normalized spacial score (nSPS) is 17.3. The van der Waals surface area contributed by atoms with Crippen LogP contribution in [-0.4, -0.2) is 43.9 Å². The van der Waals surface area contributed by atoms with Crippen LogP contribution in [0.5, 0.6) is 0 Å². The maximum absolute atomic E-state index is 12.8. The van der Waals surface area contributed by atoms with E-state index in [4.69, 9.17) is 0 Å². The number of hydrogen-bond acceptors (Lipinski definition) is 3. The zero-order chi connectivity index (χ0) is 12.1. The molecule has 0 aliphatic rings. The van der Waals surface area contributed by atoms with E-state index in [1.54, 1.807) is 0 Å². The van der Waals surface area contributed by atoms with Crippen LogP contribution in [-0.2, 0) is 10.1 Å². The SMILES string of the molecule is O=S(=O)([O-])CC(F)C(F)C(F)CCCF.[K+]. The van der Waals surface area contributed by atoms with Crippen molar-refractivity contribution in [2.24, 2.45) is 0 Å². The van der Waals surface area contributed by atoms with Gasteiger partial charge in [-0.2, -0.15) is 0 Å². The van der Waals surface area contributed by atoms with Crippen LogP contribution in [0.15, 0.2) is 0 Å². The van der Waals surface area contributed by atoms with E-state index in [-0.39, 0.29) is 57.8 Å². The minimum absolute atomic E-state index is 0. The van der Waals surface area contributed by atoms with Crippen LogP contribution in [0.25, 0.3) is 0 Å². The van der Waals surface area contributed by atoms with Gasteiger partial charge in [-0.25, -0.2) is 21.6 Å². The van der Waals surface area contributed by atoms with Crippen molar-refractivity contribution < 1.29 is 81.9 Å². The van der Waals surface area contributed by atoms with Crippen LogP contribution < -0.4 is 51.4 Å². The van der Waals surface area contributed by atoms with E-state index in [1.807, 2.05) is 0 Å². The third kappa shape index (κ3) is 9.31. The second-order valence-corrected chi connectivity index (χ2v) is 4.48. The standard InChI is InChI=1S/C7H12F4O3S.K/c8-3-1-2-5(9)7(11)6(10)4-15(12,13)14;/h5-7H,1-4H2,(H,12,13,14);/q;+1/p-1. The van der Waals surface area contributed by atoms with Crippen molar-refractivity contribution >= 4 is 10.1 Å². The van der Waals surface area contributed by atoms with Crippen molar-refractivity contribution in [2.75, 3.05) is 12.4 Å². The molecular formula is C7H11F4KO3S. The predicted octanol–water partition coefficient (Wildman–Crippen LogP) is -1.70. The summed E-state index contributed by atoms with van der Waals surface area (Å²) in [7, 11) is -4.93. The molecule has 92 valence electrons. The van der Waals surface area contributed by atoms with Crippen LogP contribution in [0, 0.1) is 0 Å². The Bertz CT molecular complexity index is 275. The summed E-state index contributed by atoms with van der Waals surface area (Å²) in [5, 5.41) is 0. The van der Waals surface area contributed by atoms with Gasteiger partial charge in [0.2, 0.25) is 0 Å². The largest absolute Gasteiger partial charge is 1.00 e.